The van der Waals surface area contributed by atoms with Crippen molar-refractivity contribution in [3.05, 3.63) is 0 Å². The van der Waals surface area contributed by atoms with Gasteiger partial charge in [-0.25, -0.2) is 4.79 Å². The summed E-state index contributed by atoms with van der Waals surface area (Å²) < 4.78 is 44.0. The van der Waals surface area contributed by atoms with Crippen molar-refractivity contribution in [1.29, 1.82) is 0 Å². The number of nitrogens with zero attached hydrogens (tertiary/aromatic N) is 1. The minimum absolute atomic E-state index is 0.120. The van der Waals surface area contributed by atoms with Crippen LogP contribution in [0.5, 0.6) is 0 Å². The molecule has 0 atom stereocenters. The molecule has 0 N–H and O–H groups in total. The fourth-order valence-electron chi connectivity index (χ4n) is 1.42. The normalized spacial score (nSPS) is 10.8. The van der Waals surface area contributed by atoms with Crippen molar-refractivity contribution in [2.24, 2.45) is 5.92 Å². The zero-order valence-electron chi connectivity index (χ0n) is 14.5. The Kier molecular flexibility index (Phi) is 13.7. The van der Waals surface area contributed by atoms with Crippen LogP contribution in [0.3, 0.4) is 0 Å². The fourth-order valence-corrected chi connectivity index (χ4v) is 1.42. The predicted molar refractivity (Wildman–Crippen MR) is 80.9 cm³/mol. The molecule has 0 aliphatic heterocycles. The lowest BCUT2D eigenvalue weighted by Crippen LogP contribution is -2.40. The van der Waals surface area contributed by atoms with Gasteiger partial charge >= 0.3 is 18.1 Å². The highest BCUT2D eigenvalue weighted by Gasteiger charge is 2.32. The number of hydrogen-bond acceptors (Lipinski definition) is 4. The summed E-state index contributed by atoms with van der Waals surface area (Å²) >= 11 is 0. The Balaban J connectivity index is 0. The van der Waals surface area contributed by atoms with Crippen molar-refractivity contribution in [3.63, 3.8) is 0 Å². The van der Waals surface area contributed by atoms with Gasteiger partial charge in [0.2, 0.25) is 0 Å². The van der Waals surface area contributed by atoms with Crippen LogP contribution in [0, 0.1) is 5.92 Å². The van der Waals surface area contributed by atoms with E-state index < -0.39 is 24.7 Å². The van der Waals surface area contributed by atoms with E-state index in [1.54, 1.807) is 14.0 Å². The quantitative estimate of drug-likeness (QED) is 0.405. The highest BCUT2D eigenvalue weighted by Crippen LogP contribution is 2.14. The van der Waals surface area contributed by atoms with E-state index in [0.29, 0.717) is 6.54 Å². The van der Waals surface area contributed by atoms with Crippen LogP contribution >= 0.6 is 0 Å². The first kappa shape index (κ1) is 23.9. The highest BCUT2D eigenvalue weighted by molar-refractivity contribution is 6.32. The molecule has 0 aliphatic carbocycles. The molecule has 5 nitrogen and oxygen atoms in total. The molecule has 0 saturated carbocycles. The van der Waals surface area contributed by atoms with E-state index in [1.807, 2.05) is 13.8 Å². The Morgan fingerprint density at radius 2 is 1.74 bits per heavy atom. The maximum Gasteiger partial charge on any atom is 0.422 e. The second-order valence-corrected chi connectivity index (χ2v) is 5.28. The molecule has 0 rings (SSSR count). The van der Waals surface area contributed by atoms with E-state index in [1.165, 1.54) is 12.8 Å². The van der Waals surface area contributed by atoms with Gasteiger partial charge < -0.3 is 14.4 Å². The molecule has 0 aromatic carbocycles. The molecular weight excluding hydrogens is 315 g/mol. The summed E-state index contributed by atoms with van der Waals surface area (Å²) in [4.78, 5) is 23.6. The Hall–Kier alpha value is -1.31. The van der Waals surface area contributed by atoms with Gasteiger partial charge in [0.15, 0.2) is 6.61 Å². The van der Waals surface area contributed by atoms with Gasteiger partial charge in [-0.2, -0.15) is 13.2 Å². The number of methoxy groups -OCH3 is 1. The van der Waals surface area contributed by atoms with Gasteiger partial charge in [0.1, 0.15) is 0 Å². The lowest BCUT2D eigenvalue weighted by molar-refractivity contribution is -0.189. The number of rotatable bonds is 7. The second-order valence-electron chi connectivity index (χ2n) is 5.28. The zero-order chi connectivity index (χ0) is 18.5. The maximum atomic E-state index is 11.8. The van der Waals surface area contributed by atoms with Crippen LogP contribution in [0.25, 0.3) is 0 Å². The maximum absolute atomic E-state index is 11.8. The first-order valence-electron chi connectivity index (χ1n) is 7.60. The van der Waals surface area contributed by atoms with Crippen molar-refractivity contribution in [3.8, 4) is 0 Å². The summed E-state index contributed by atoms with van der Waals surface area (Å²) in [5.41, 5.74) is 0. The summed E-state index contributed by atoms with van der Waals surface area (Å²) in [5.74, 6) is -2.38. The van der Waals surface area contributed by atoms with Crippen LogP contribution in [0.15, 0.2) is 0 Å². The summed E-state index contributed by atoms with van der Waals surface area (Å²) in [6, 6.07) is 0. The molecule has 0 aliphatic rings. The zero-order valence-corrected chi connectivity index (χ0v) is 14.5. The average molecular weight is 343 g/mol. The molecule has 1 amide bonds. The van der Waals surface area contributed by atoms with E-state index in [0.717, 1.165) is 11.5 Å². The number of unbranched alkanes of at least 4 members (excludes halogenated alkanes) is 1. The third-order valence-electron chi connectivity index (χ3n) is 2.50. The van der Waals surface area contributed by atoms with Gasteiger partial charge in [-0.05, 0) is 19.3 Å². The number of alkyl halides is 3. The highest BCUT2D eigenvalue weighted by atomic mass is 19.4. The summed E-state index contributed by atoms with van der Waals surface area (Å²) in [5, 5.41) is 0. The molecule has 0 unspecified atom stereocenters. The fraction of sp³-hybridized carbons (Fsp3) is 0.867. The molecule has 0 aromatic heterocycles. The van der Waals surface area contributed by atoms with E-state index in [9.17, 15) is 22.8 Å². The van der Waals surface area contributed by atoms with Crippen molar-refractivity contribution in [2.45, 2.75) is 46.7 Å². The van der Waals surface area contributed by atoms with Crippen molar-refractivity contribution >= 4 is 11.9 Å². The van der Waals surface area contributed by atoms with Gasteiger partial charge in [0, 0.05) is 26.8 Å². The lowest BCUT2D eigenvalue weighted by Gasteiger charge is -2.21. The first-order valence-corrected chi connectivity index (χ1v) is 7.60. The number of ether oxygens (including phenoxy) is 2. The van der Waals surface area contributed by atoms with E-state index >= 15 is 0 Å². The van der Waals surface area contributed by atoms with E-state index in [-0.39, 0.29) is 12.5 Å². The Labute approximate surface area is 136 Å². The largest absolute Gasteiger partial charge is 0.449 e. The molecule has 0 radical (unpaired) electrons. The Bertz CT molecular complexity index is 329. The number of esters is 1. The molecule has 23 heavy (non-hydrogen) atoms. The average Bonchev–Trinajstić information content (AvgIpc) is 2.47. The van der Waals surface area contributed by atoms with E-state index in [4.69, 9.17) is 4.74 Å². The molecule has 0 fully saturated rings. The third kappa shape index (κ3) is 15.4. The van der Waals surface area contributed by atoms with Crippen LogP contribution in [0.4, 0.5) is 13.2 Å². The lowest BCUT2D eigenvalue weighted by atomic mass is 10.2. The Morgan fingerprint density at radius 1 is 1.17 bits per heavy atom. The predicted octanol–water partition coefficient (Wildman–Crippen LogP) is 3.03. The molecule has 8 heteroatoms. The minimum atomic E-state index is -4.62. The van der Waals surface area contributed by atoms with Gasteiger partial charge in [-0.3, -0.25) is 4.79 Å². The smallest absolute Gasteiger partial charge is 0.422 e. The molecule has 138 valence electrons. The minimum Gasteiger partial charge on any atom is -0.449 e. The van der Waals surface area contributed by atoms with Crippen LogP contribution in [-0.4, -0.2) is 56.4 Å². The van der Waals surface area contributed by atoms with Gasteiger partial charge in [-0.1, -0.05) is 27.2 Å². The number of halogens is 3. The van der Waals surface area contributed by atoms with Gasteiger partial charge in [0.05, 0.1) is 0 Å². The van der Waals surface area contributed by atoms with Crippen molar-refractivity contribution < 1.29 is 32.2 Å². The topological polar surface area (TPSA) is 55.8 Å². The molecule has 0 aromatic rings. The second kappa shape index (κ2) is 13.2. The standard InChI is InChI=1S/C10H16F3NO3.C5H12O/c1-4-14(5-7(2)3)8(15)9(16)17-6-10(11,12)13;1-3-4-5-6-2/h7H,4-6H2,1-3H3;3-5H2,1-2H3. The molecule has 0 saturated heterocycles. The van der Waals surface area contributed by atoms with E-state index in [2.05, 4.69) is 11.7 Å². The summed E-state index contributed by atoms with van der Waals surface area (Å²) in [7, 11) is 1.73. The number of carbonyl (C=O) groups is 2. The third-order valence-corrected chi connectivity index (χ3v) is 2.50. The molecule has 0 spiro atoms. The van der Waals surface area contributed by atoms with Crippen LogP contribution in [0.2, 0.25) is 0 Å². The number of carbonyl (C=O) groups excluding carboxylic acids is 2. The monoisotopic (exact) mass is 343 g/mol. The molecule has 0 heterocycles. The summed E-state index contributed by atoms with van der Waals surface area (Å²) in [6.45, 7) is 7.17. The van der Waals surface area contributed by atoms with Crippen molar-refractivity contribution in [2.75, 3.05) is 33.4 Å². The number of amides is 1. The van der Waals surface area contributed by atoms with Gasteiger partial charge in [-0.15, -0.1) is 0 Å². The number of hydrogen-bond donors (Lipinski definition) is 0. The SMILES string of the molecule is CCCCOC.CCN(CC(C)C)C(=O)C(=O)OCC(F)(F)F. The van der Waals surface area contributed by atoms with Crippen molar-refractivity contribution in [1.82, 2.24) is 4.90 Å². The van der Waals surface area contributed by atoms with Crippen LogP contribution in [-0.2, 0) is 19.1 Å². The molecular formula is C15H28F3NO4. The Morgan fingerprint density at radius 3 is 2.04 bits per heavy atom. The number of likely N-dealkylation sites (N-methyl/N-ethyl adjacent to an activating group) is 1. The van der Waals surface area contributed by atoms with Crippen LogP contribution < -0.4 is 0 Å². The molecule has 0 bridgehead atoms. The summed E-state index contributed by atoms with van der Waals surface area (Å²) in [6.07, 6.45) is -2.20. The van der Waals surface area contributed by atoms with Crippen LogP contribution in [0.1, 0.15) is 40.5 Å². The first-order chi connectivity index (χ1) is 10.6. The van der Waals surface area contributed by atoms with Gasteiger partial charge in [0.25, 0.3) is 0 Å².